The molecule has 1 aliphatic rings. The smallest absolute Gasteiger partial charge is 0.258 e. The van der Waals surface area contributed by atoms with E-state index < -0.39 is 0 Å². The maximum atomic E-state index is 12.6. The van der Waals surface area contributed by atoms with Crippen molar-refractivity contribution in [3.8, 4) is 5.75 Å². The number of anilines is 2. The molecule has 3 aromatic rings. The van der Waals surface area contributed by atoms with E-state index >= 15 is 0 Å². The van der Waals surface area contributed by atoms with Crippen molar-refractivity contribution in [3.05, 3.63) is 90.0 Å². The number of hydrogen-bond acceptors (Lipinski definition) is 5. The van der Waals surface area contributed by atoms with E-state index in [0.717, 1.165) is 37.4 Å². The fraction of sp³-hybridized carbons (Fsp3) is 0.345. The van der Waals surface area contributed by atoms with E-state index in [2.05, 4.69) is 74.6 Å². The van der Waals surface area contributed by atoms with Gasteiger partial charge in [0, 0.05) is 58.2 Å². The Labute approximate surface area is 209 Å². The number of piperazine rings is 1. The number of amides is 1. The molecule has 6 nitrogen and oxygen atoms in total. The molecule has 6 heteroatoms. The molecular weight excluding hydrogens is 436 g/mol. The van der Waals surface area contributed by atoms with Gasteiger partial charge >= 0.3 is 0 Å². The standard InChI is InChI=1S/C29H36N4O2/c1-23-8-7-11-27(20-23)35-22-29(34)30-21-28(24-12-14-25(15-13-24)31(2)3)33-18-16-32(17-19-33)26-9-5-4-6-10-26/h4-15,20,28H,16-19,21-22H2,1-3H3,(H,30,34)/t28-/m0/s1. The SMILES string of the molecule is Cc1cccc(OCC(=O)NC[C@@H](c2ccc(N(C)C)cc2)N2CCN(c3ccccc3)CC2)c1. The van der Waals surface area contributed by atoms with Crippen molar-refractivity contribution in [1.29, 1.82) is 0 Å². The van der Waals surface area contributed by atoms with Crippen molar-refractivity contribution < 1.29 is 9.53 Å². The summed E-state index contributed by atoms with van der Waals surface area (Å²) in [6, 6.07) is 27.1. The maximum absolute atomic E-state index is 12.6. The van der Waals surface area contributed by atoms with E-state index in [4.69, 9.17) is 4.74 Å². The molecule has 184 valence electrons. The minimum absolute atomic E-state index is 0.0114. The van der Waals surface area contributed by atoms with Gasteiger partial charge in [-0.3, -0.25) is 9.69 Å². The van der Waals surface area contributed by atoms with E-state index in [1.165, 1.54) is 11.3 Å². The highest BCUT2D eigenvalue weighted by Gasteiger charge is 2.26. The van der Waals surface area contributed by atoms with Crippen molar-refractivity contribution in [2.45, 2.75) is 13.0 Å². The normalized spacial score (nSPS) is 14.9. The van der Waals surface area contributed by atoms with Gasteiger partial charge in [0.2, 0.25) is 0 Å². The van der Waals surface area contributed by atoms with Gasteiger partial charge in [-0.15, -0.1) is 0 Å². The van der Waals surface area contributed by atoms with Crippen LogP contribution in [0.15, 0.2) is 78.9 Å². The van der Waals surface area contributed by atoms with Crippen molar-refractivity contribution in [1.82, 2.24) is 10.2 Å². The summed E-state index contributed by atoms with van der Waals surface area (Å²) in [7, 11) is 4.09. The molecule has 1 aliphatic heterocycles. The molecule has 0 radical (unpaired) electrons. The van der Waals surface area contributed by atoms with Crippen LogP contribution < -0.4 is 19.9 Å². The summed E-state index contributed by atoms with van der Waals surface area (Å²) in [4.78, 5) is 19.6. The molecule has 0 bridgehead atoms. The number of ether oxygens (including phenoxy) is 1. The summed E-state index contributed by atoms with van der Waals surface area (Å²) in [6.45, 7) is 6.35. The Morgan fingerprint density at radius 2 is 1.66 bits per heavy atom. The summed E-state index contributed by atoms with van der Waals surface area (Å²) < 4.78 is 5.70. The maximum Gasteiger partial charge on any atom is 0.258 e. The van der Waals surface area contributed by atoms with Crippen LogP contribution in [0.5, 0.6) is 5.75 Å². The zero-order valence-corrected chi connectivity index (χ0v) is 21.0. The molecular formula is C29H36N4O2. The number of nitrogens with zero attached hydrogens (tertiary/aromatic N) is 3. The lowest BCUT2D eigenvalue weighted by Gasteiger charge is -2.40. The molecule has 1 amide bonds. The van der Waals surface area contributed by atoms with Crippen LogP contribution in [0.2, 0.25) is 0 Å². The number of benzene rings is 3. The Kier molecular flexibility index (Phi) is 8.27. The second-order valence-electron chi connectivity index (χ2n) is 9.27. The summed E-state index contributed by atoms with van der Waals surface area (Å²) >= 11 is 0. The molecule has 0 aliphatic carbocycles. The predicted octanol–water partition coefficient (Wildman–Crippen LogP) is 4.12. The van der Waals surface area contributed by atoms with Crippen molar-refractivity contribution in [2.75, 3.05) is 63.2 Å². The van der Waals surface area contributed by atoms with E-state index in [1.54, 1.807) is 0 Å². The third kappa shape index (κ3) is 6.76. The number of nitrogens with one attached hydrogen (secondary N) is 1. The molecule has 4 rings (SSSR count). The number of para-hydroxylation sites is 1. The first kappa shape index (κ1) is 24.6. The van der Waals surface area contributed by atoms with E-state index in [0.29, 0.717) is 12.3 Å². The molecule has 0 spiro atoms. The molecule has 1 N–H and O–H groups in total. The van der Waals surface area contributed by atoms with Gasteiger partial charge in [0.05, 0.1) is 6.04 Å². The molecule has 0 unspecified atom stereocenters. The zero-order chi connectivity index (χ0) is 24.6. The fourth-order valence-electron chi connectivity index (χ4n) is 4.50. The van der Waals surface area contributed by atoms with Gasteiger partial charge < -0.3 is 19.9 Å². The van der Waals surface area contributed by atoms with Crippen LogP contribution in [0.25, 0.3) is 0 Å². The minimum atomic E-state index is -0.107. The highest BCUT2D eigenvalue weighted by molar-refractivity contribution is 5.77. The lowest BCUT2D eigenvalue weighted by molar-refractivity contribution is -0.123. The van der Waals surface area contributed by atoms with Crippen molar-refractivity contribution >= 4 is 17.3 Å². The molecule has 1 atom stereocenters. The Morgan fingerprint density at radius 3 is 2.31 bits per heavy atom. The quantitative estimate of drug-likeness (QED) is 0.508. The van der Waals surface area contributed by atoms with Crippen molar-refractivity contribution in [3.63, 3.8) is 0 Å². The van der Waals surface area contributed by atoms with Gasteiger partial charge in [-0.2, -0.15) is 0 Å². The Hall–Kier alpha value is -3.51. The van der Waals surface area contributed by atoms with Crippen LogP contribution in [0, 0.1) is 6.92 Å². The highest BCUT2D eigenvalue weighted by Crippen LogP contribution is 2.25. The third-order valence-corrected chi connectivity index (χ3v) is 6.52. The summed E-state index contributed by atoms with van der Waals surface area (Å²) in [5.74, 6) is 0.609. The van der Waals surface area contributed by atoms with Crippen LogP contribution in [0.3, 0.4) is 0 Å². The van der Waals surface area contributed by atoms with E-state index in [9.17, 15) is 4.79 Å². The van der Waals surface area contributed by atoms with Crippen LogP contribution in [-0.2, 0) is 4.79 Å². The van der Waals surface area contributed by atoms with Gasteiger partial charge in [-0.25, -0.2) is 0 Å². The predicted molar refractivity (Wildman–Crippen MR) is 143 cm³/mol. The van der Waals surface area contributed by atoms with Crippen LogP contribution in [-0.4, -0.2) is 64.2 Å². The second kappa shape index (κ2) is 11.8. The number of carbonyl (C=O) groups excluding carboxylic acids is 1. The van der Waals surface area contributed by atoms with E-state index in [-0.39, 0.29) is 18.6 Å². The topological polar surface area (TPSA) is 48.1 Å². The van der Waals surface area contributed by atoms with Gasteiger partial charge in [-0.05, 0) is 54.4 Å². The average molecular weight is 473 g/mol. The van der Waals surface area contributed by atoms with Gasteiger partial charge in [-0.1, -0.05) is 42.5 Å². The highest BCUT2D eigenvalue weighted by atomic mass is 16.5. The first-order chi connectivity index (χ1) is 17.0. The first-order valence-electron chi connectivity index (χ1n) is 12.3. The minimum Gasteiger partial charge on any atom is -0.484 e. The summed E-state index contributed by atoms with van der Waals surface area (Å²) in [5.41, 5.74) is 4.75. The molecule has 1 saturated heterocycles. The summed E-state index contributed by atoms with van der Waals surface area (Å²) in [6.07, 6.45) is 0. The number of rotatable bonds is 9. The average Bonchev–Trinajstić information content (AvgIpc) is 2.89. The number of hydrogen-bond donors (Lipinski definition) is 1. The molecule has 0 aromatic heterocycles. The molecule has 35 heavy (non-hydrogen) atoms. The molecule has 0 saturated carbocycles. The molecule has 3 aromatic carbocycles. The summed E-state index contributed by atoms with van der Waals surface area (Å²) in [5, 5.41) is 3.11. The lowest BCUT2D eigenvalue weighted by atomic mass is 10.0. The van der Waals surface area contributed by atoms with Crippen molar-refractivity contribution in [2.24, 2.45) is 0 Å². The largest absolute Gasteiger partial charge is 0.484 e. The monoisotopic (exact) mass is 472 g/mol. The van der Waals surface area contributed by atoms with Gasteiger partial charge in [0.15, 0.2) is 6.61 Å². The zero-order valence-electron chi connectivity index (χ0n) is 21.0. The Morgan fingerprint density at radius 1 is 0.943 bits per heavy atom. The number of aryl methyl sites for hydroxylation is 1. The molecule has 1 fully saturated rings. The number of carbonyl (C=O) groups is 1. The first-order valence-corrected chi connectivity index (χ1v) is 12.3. The molecule has 1 heterocycles. The van der Waals surface area contributed by atoms with Crippen LogP contribution in [0.1, 0.15) is 17.2 Å². The second-order valence-corrected chi connectivity index (χ2v) is 9.27. The van der Waals surface area contributed by atoms with E-state index in [1.807, 2.05) is 45.3 Å². The van der Waals surface area contributed by atoms with Gasteiger partial charge in [0.1, 0.15) is 5.75 Å². The van der Waals surface area contributed by atoms with Crippen LogP contribution in [0.4, 0.5) is 11.4 Å². The van der Waals surface area contributed by atoms with Crippen LogP contribution >= 0.6 is 0 Å². The fourth-order valence-corrected chi connectivity index (χ4v) is 4.50. The lowest BCUT2D eigenvalue weighted by Crippen LogP contribution is -2.50. The van der Waals surface area contributed by atoms with Gasteiger partial charge in [0.25, 0.3) is 5.91 Å². The third-order valence-electron chi connectivity index (χ3n) is 6.52. The Bertz CT molecular complexity index is 1080. The Balaban J connectivity index is 1.40.